The highest BCUT2D eigenvalue weighted by atomic mass is 35.5. The Bertz CT molecular complexity index is 972. The molecule has 0 saturated carbocycles. The predicted octanol–water partition coefficient (Wildman–Crippen LogP) is 4.09. The van der Waals surface area contributed by atoms with Crippen LogP contribution in [0, 0.1) is 0 Å². The van der Waals surface area contributed by atoms with Crippen LogP contribution in [0.15, 0.2) is 49.1 Å². The van der Waals surface area contributed by atoms with Crippen molar-refractivity contribution in [3.63, 3.8) is 0 Å². The lowest BCUT2D eigenvalue weighted by Crippen LogP contribution is -2.41. The number of nitrogens with one attached hydrogen (secondary N) is 1. The number of carbonyl (C=O) groups excluding carboxylic acids is 1. The SMILES string of the molecule is C=CC(=O)NN(CC)c1c2ccc(Cl)cc2nc2ccc(OC)cc12. The number of carbonyl (C=O) groups is 1. The van der Waals surface area contributed by atoms with E-state index in [9.17, 15) is 4.79 Å². The highest BCUT2D eigenvalue weighted by Crippen LogP contribution is 2.36. The second kappa shape index (κ2) is 6.99. The van der Waals surface area contributed by atoms with E-state index in [2.05, 4.69) is 12.0 Å². The summed E-state index contributed by atoms with van der Waals surface area (Å²) in [6.07, 6.45) is 1.24. The zero-order valence-electron chi connectivity index (χ0n) is 14.0. The number of amides is 1. The topological polar surface area (TPSA) is 54.5 Å². The van der Waals surface area contributed by atoms with Crippen LogP contribution in [0.4, 0.5) is 5.69 Å². The van der Waals surface area contributed by atoms with E-state index >= 15 is 0 Å². The van der Waals surface area contributed by atoms with Gasteiger partial charge in [-0.25, -0.2) is 4.98 Å². The number of nitrogens with zero attached hydrogens (tertiary/aromatic N) is 2. The molecular weight excluding hydrogens is 338 g/mol. The first-order valence-electron chi connectivity index (χ1n) is 7.85. The van der Waals surface area contributed by atoms with Crippen LogP contribution >= 0.6 is 11.6 Å². The smallest absolute Gasteiger partial charge is 0.261 e. The van der Waals surface area contributed by atoms with Gasteiger partial charge in [0, 0.05) is 22.3 Å². The lowest BCUT2D eigenvalue weighted by Gasteiger charge is -2.26. The Kier molecular flexibility index (Phi) is 4.76. The van der Waals surface area contributed by atoms with E-state index in [0.29, 0.717) is 11.6 Å². The van der Waals surface area contributed by atoms with Crippen LogP contribution in [0.2, 0.25) is 5.02 Å². The summed E-state index contributed by atoms with van der Waals surface area (Å²) in [4.78, 5) is 16.6. The van der Waals surface area contributed by atoms with Crippen molar-refractivity contribution in [1.82, 2.24) is 10.4 Å². The summed E-state index contributed by atoms with van der Waals surface area (Å²) < 4.78 is 5.35. The third kappa shape index (κ3) is 3.23. The van der Waals surface area contributed by atoms with E-state index in [0.717, 1.165) is 33.2 Å². The number of hydrogen-bond acceptors (Lipinski definition) is 4. The largest absolute Gasteiger partial charge is 0.497 e. The minimum absolute atomic E-state index is 0.281. The number of benzene rings is 2. The normalized spacial score (nSPS) is 10.7. The van der Waals surface area contributed by atoms with Gasteiger partial charge in [-0.15, -0.1) is 0 Å². The molecule has 0 radical (unpaired) electrons. The minimum Gasteiger partial charge on any atom is -0.497 e. The number of methoxy groups -OCH3 is 1. The quantitative estimate of drug-likeness (QED) is 0.425. The van der Waals surface area contributed by atoms with Gasteiger partial charge in [0.25, 0.3) is 5.91 Å². The van der Waals surface area contributed by atoms with Crippen LogP contribution in [-0.2, 0) is 4.79 Å². The molecular formula is C19H18ClN3O2. The molecule has 3 rings (SSSR count). The molecule has 25 heavy (non-hydrogen) atoms. The second-order valence-corrected chi connectivity index (χ2v) is 5.87. The molecule has 1 N–H and O–H groups in total. The minimum atomic E-state index is -0.281. The maximum atomic E-state index is 11.9. The Morgan fingerprint density at radius 1 is 1.28 bits per heavy atom. The van der Waals surface area contributed by atoms with E-state index in [1.165, 1.54) is 6.08 Å². The first-order chi connectivity index (χ1) is 12.1. The lowest BCUT2D eigenvalue weighted by atomic mass is 10.1. The summed E-state index contributed by atoms with van der Waals surface area (Å²) in [6.45, 7) is 6.04. The van der Waals surface area contributed by atoms with Gasteiger partial charge in [0.15, 0.2) is 0 Å². The third-order valence-electron chi connectivity index (χ3n) is 3.93. The maximum absolute atomic E-state index is 11.9. The number of fused-ring (bicyclic) bond motifs is 2. The second-order valence-electron chi connectivity index (χ2n) is 5.43. The molecule has 0 saturated heterocycles. The number of pyridine rings is 1. The summed E-state index contributed by atoms with van der Waals surface area (Å²) >= 11 is 6.13. The van der Waals surface area contributed by atoms with Crippen LogP contribution in [-0.4, -0.2) is 24.5 Å². The molecule has 1 amide bonds. The third-order valence-corrected chi connectivity index (χ3v) is 4.17. The lowest BCUT2D eigenvalue weighted by molar-refractivity contribution is -0.116. The van der Waals surface area contributed by atoms with E-state index in [1.54, 1.807) is 12.1 Å². The highest BCUT2D eigenvalue weighted by Gasteiger charge is 2.17. The van der Waals surface area contributed by atoms with Crippen LogP contribution in [0.1, 0.15) is 6.92 Å². The fraction of sp³-hybridized carbons (Fsp3) is 0.158. The summed E-state index contributed by atoms with van der Waals surface area (Å²) in [7, 11) is 1.62. The Morgan fingerprint density at radius 3 is 2.76 bits per heavy atom. The van der Waals surface area contributed by atoms with Gasteiger partial charge in [-0.05, 0) is 49.4 Å². The van der Waals surface area contributed by atoms with Gasteiger partial charge in [0.1, 0.15) is 5.75 Å². The predicted molar refractivity (Wildman–Crippen MR) is 102 cm³/mol. The molecule has 0 bridgehead atoms. The Hall–Kier alpha value is -2.79. The van der Waals surface area contributed by atoms with E-state index < -0.39 is 0 Å². The van der Waals surface area contributed by atoms with Crippen molar-refractivity contribution in [3.05, 3.63) is 54.1 Å². The Labute approximate surface area is 150 Å². The molecule has 5 nitrogen and oxygen atoms in total. The molecule has 0 unspecified atom stereocenters. The maximum Gasteiger partial charge on any atom is 0.261 e. The number of anilines is 1. The standard InChI is InChI=1S/C19H18ClN3O2/c1-4-18(24)22-23(5-2)19-14-8-6-12(20)10-17(14)21-16-9-7-13(25-3)11-15(16)19/h4,6-11H,1,5H2,2-3H3,(H,22,24). The van der Waals surface area contributed by atoms with Gasteiger partial charge < -0.3 is 4.74 Å². The molecule has 128 valence electrons. The van der Waals surface area contributed by atoms with Crippen LogP contribution in [0.5, 0.6) is 5.75 Å². The molecule has 0 fully saturated rings. The van der Waals surface area contributed by atoms with E-state index in [-0.39, 0.29) is 5.91 Å². The number of aromatic nitrogens is 1. The van der Waals surface area contributed by atoms with Gasteiger partial charge in [0.05, 0.1) is 23.8 Å². The molecule has 3 aromatic rings. The number of ether oxygens (including phenoxy) is 1. The molecule has 1 aromatic heterocycles. The van der Waals surface area contributed by atoms with Crippen molar-refractivity contribution in [2.45, 2.75) is 6.92 Å². The van der Waals surface area contributed by atoms with Crippen molar-refractivity contribution in [2.24, 2.45) is 0 Å². The number of hydrazine groups is 1. The summed E-state index contributed by atoms with van der Waals surface area (Å²) in [5.41, 5.74) is 5.23. The van der Waals surface area contributed by atoms with Gasteiger partial charge in [0.2, 0.25) is 0 Å². The molecule has 0 atom stereocenters. The molecule has 0 aliphatic heterocycles. The van der Waals surface area contributed by atoms with Crippen molar-refractivity contribution < 1.29 is 9.53 Å². The average molecular weight is 356 g/mol. The Balaban J connectivity index is 2.36. The fourth-order valence-electron chi connectivity index (χ4n) is 2.76. The van der Waals surface area contributed by atoms with Crippen molar-refractivity contribution in [3.8, 4) is 5.75 Å². The zero-order chi connectivity index (χ0) is 18.0. The van der Waals surface area contributed by atoms with Crippen molar-refractivity contribution in [2.75, 3.05) is 18.7 Å². The van der Waals surface area contributed by atoms with Gasteiger partial charge in [-0.1, -0.05) is 18.2 Å². The molecule has 6 heteroatoms. The summed E-state index contributed by atoms with van der Waals surface area (Å²) in [5, 5.41) is 4.15. The van der Waals surface area contributed by atoms with Crippen LogP contribution in [0.25, 0.3) is 21.8 Å². The van der Waals surface area contributed by atoms with Gasteiger partial charge in [-0.3, -0.25) is 15.2 Å². The molecule has 0 aliphatic carbocycles. The number of hydrogen-bond donors (Lipinski definition) is 1. The highest BCUT2D eigenvalue weighted by molar-refractivity contribution is 6.31. The molecule has 1 heterocycles. The summed E-state index contributed by atoms with van der Waals surface area (Å²) in [6, 6.07) is 11.2. The van der Waals surface area contributed by atoms with Gasteiger partial charge in [-0.2, -0.15) is 0 Å². The van der Waals surface area contributed by atoms with Crippen LogP contribution in [0.3, 0.4) is 0 Å². The number of halogens is 1. The molecule has 0 spiro atoms. The van der Waals surface area contributed by atoms with Gasteiger partial charge >= 0.3 is 0 Å². The number of rotatable bonds is 5. The average Bonchev–Trinajstić information content (AvgIpc) is 2.63. The van der Waals surface area contributed by atoms with Crippen molar-refractivity contribution >= 4 is 45.0 Å². The Morgan fingerprint density at radius 2 is 2.08 bits per heavy atom. The fourth-order valence-corrected chi connectivity index (χ4v) is 2.93. The van der Waals surface area contributed by atoms with Crippen molar-refractivity contribution in [1.29, 1.82) is 0 Å². The first-order valence-corrected chi connectivity index (χ1v) is 8.22. The van der Waals surface area contributed by atoms with E-state index in [1.807, 2.05) is 43.3 Å². The summed E-state index contributed by atoms with van der Waals surface area (Å²) in [5.74, 6) is 0.437. The molecule has 0 aliphatic rings. The van der Waals surface area contributed by atoms with E-state index in [4.69, 9.17) is 21.3 Å². The molecule has 2 aromatic carbocycles. The zero-order valence-corrected chi connectivity index (χ0v) is 14.8. The monoisotopic (exact) mass is 355 g/mol. The first kappa shape index (κ1) is 17.0. The van der Waals surface area contributed by atoms with Crippen LogP contribution < -0.4 is 15.2 Å².